The van der Waals surface area contributed by atoms with Gasteiger partial charge in [0, 0.05) is 11.1 Å². The maximum atomic E-state index is 12.7. The smallest absolute Gasteiger partial charge is 0.271 e. The molecule has 1 N–H and O–H groups in total. The van der Waals surface area contributed by atoms with Crippen LogP contribution in [-0.4, -0.2) is 17.4 Å². The Morgan fingerprint density at radius 1 is 0.562 bits per heavy atom. The van der Waals surface area contributed by atoms with Gasteiger partial charge in [0.2, 0.25) is 0 Å². The maximum Gasteiger partial charge on any atom is 0.271 e. The summed E-state index contributed by atoms with van der Waals surface area (Å²) in [6.07, 6.45) is 0.0846. The number of Topliss-reactive ketones (excluding diaryl/α,β-unsaturated/α-hetero) is 1. The predicted octanol–water partition coefficient (Wildman–Crippen LogP) is 5.76. The summed E-state index contributed by atoms with van der Waals surface area (Å²) in [7, 11) is 0. The van der Waals surface area contributed by atoms with Crippen LogP contribution in [0.2, 0.25) is 0 Å². The monoisotopic (exact) mass is 418 g/mol. The van der Waals surface area contributed by atoms with Gasteiger partial charge >= 0.3 is 0 Å². The Hall–Kier alpha value is -4.31. The van der Waals surface area contributed by atoms with Gasteiger partial charge in [0.1, 0.15) is 0 Å². The minimum absolute atomic E-state index is 0.0605. The Morgan fingerprint density at radius 2 is 1.06 bits per heavy atom. The zero-order valence-corrected chi connectivity index (χ0v) is 17.4. The average molecular weight is 418 g/mol. The molecule has 0 heterocycles. The Morgan fingerprint density at radius 3 is 1.66 bits per heavy atom. The molecule has 0 aliphatic rings. The summed E-state index contributed by atoms with van der Waals surface area (Å²) in [5, 5.41) is 4.31. The third kappa shape index (κ3) is 5.24. The van der Waals surface area contributed by atoms with E-state index in [9.17, 15) is 9.59 Å². The summed E-state index contributed by atoms with van der Waals surface area (Å²) in [6.45, 7) is 0. The molecule has 0 atom stereocenters. The molecule has 0 radical (unpaired) electrons. The normalized spacial score (nSPS) is 11.1. The van der Waals surface area contributed by atoms with Gasteiger partial charge in [-0.15, -0.1) is 0 Å². The van der Waals surface area contributed by atoms with Gasteiger partial charge in [0.05, 0.1) is 12.1 Å². The molecule has 4 nitrogen and oxygen atoms in total. The summed E-state index contributed by atoms with van der Waals surface area (Å²) in [4.78, 5) is 25.4. The summed E-state index contributed by atoms with van der Waals surface area (Å²) in [6, 6.07) is 35.8. The molecule has 4 rings (SSSR count). The maximum absolute atomic E-state index is 12.7. The molecule has 0 spiro atoms. The molecule has 0 aromatic heterocycles. The standard InChI is InChI=1S/C28H22N2O2/c31-27(24-14-8-3-9-15-24)20-26(23-12-6-2-7-13-23)29-30-28(32)25-18-16-22(17-19-25)21-10-4-1-5-11-21/h1-19H,20H2,(H,30,32)/b29-26+. The first-order valence-electron chi connectivity index (χ1n) is 10.4. The van der Waals surface area contributed by atoms with Crippen LogP contribution in [0, 0.1) is 0 Å². The molecule has 0 saturated carbocycles. The van der Waals surface area contributed by atoms with Gasteiger partial charge < -0.3 is 0 Å². The predicted molar refractivity (Wildman–Crippen MR) is 128 cm³/mol. The largest absolute Gasteiger partial charge is 0.294 e. The number of carbonyl (C=O) groups is 2. The van der Waals surface area contributed by atoms with Crippen LogP contribution in [0.1, 0.15) is 32.7 Å². The molecule has 156 valence electrons. The fraction of sp³-hybridized carbons (Fsp3) is 0.0357. The second-order valence-electron chi connectivity index (χ2n) is 7.27. The van der Waals surface area contributed by atoms with E-state index >= 15 is 0 Å². The highest BCUT2D eigenvalue weighted by molar-refractivity contribution is 6.16. The number of hydrazone groups is 1. The number of carbonyl (C=O) groups excluding carboxylic acids is 2. The van der Waals surface area contributed by atoms with E-state index < -0.39 is 0 Å². The number of benzene rings is 4. The van der Waals surface area contributed by atoms with E-state index in [2.05, 4.69) is 10.5 Å². The zero-order valence-electron chi connectivity index (χ0n) is 17.4. The van der Waals surface area contributed by atoms with Crippen LogP contribution in [0.4, 0.5) is 0 Å². The van der Waals surface area contributed by atoms with Gasteiger partial charge in [-0.05, 0) is 28.8 Å². The first-order chi connectivity index (χ1) is 15.7. The van der Waals surface area contributed by atoms with Crippen LogP contribution in [0.25, 0.3) is 11.1 Å². The number of nitrogens with one attached hydrogen (secondary N) is 1. The van der Waals surface area contributed by atoms with Crippen molar-refractivity contribution in [3.8, 4) is 11.1 Å². The Labute approximate surface area is 187 Å². The van der Waals surface area contributed by atoms with Crippen molar-refractivity contribution >= 4 is 17.4 Å². The van der Waals surface area contributed by atoms with Crippen LogP contribution >= 0.6 is 0 Å². The molecule has 0 aliphatic carbocycles. The van der Waals surface area contributed by atoms with Gasteiger partial charge in [-0.1, -0.05) is 103 Å². The van der Waals surface area contributed by atoms with Gasteiger partial charge in [-0.3, -0.25) is 9.59 Å². The van der Waals surface area contributed by atoms with E-state index in [0.717, 1.165) is 16.7 Å². The lowest BCUT2D eigenvalue weighted by Crippen LogP contribution is -2.21. The number of ketones is 1. The lowest BCUT2D eigenvalue weighted by Gasteiger charge is -2.08. The highest BCUT2D eigenvalue weighted by atomic mass is 16.2. The van der Waals surface area contributed by atoms with E-state index in [1.807, 2.05) is 91.0 Å². The van der Waals surface area contributed by atoms with Crippen LogP contribution in [0.15, 0.2) is 120 Å². The van der Waals surface area contributed by atoms with Crippen molar-refractivity contribution in [2.75, 3.05) is 0 Å². The van der Waals surface area contributed by atoms with Crippen molar-refractivity contribution in [1.29, 1.82) is 0 Å². The molecule has 4 aromatic rings. The van der Waals surface area contributed by atoms with Crippen molar-refractivity contribution in [3.05, 3.63) is 132 Å². The summed E-state index contributed by atoms with van der Waals surface area (Å²) in [5.41, 5.74) is 7.13. The minimum atomic E-state index is -0.329. The Balaban J connectivity index is 1.52. The lowest BCUT2D eigenvalue weighted by molar-refractivity contribution is 0.0951. The summed E-state index contributed by atoms with van der Waals surface area (Å²) < 4.78 is 0. The van der Waals surface area contributed by atoms with E-state index in [-0.39, 0.29) is 18.1 Å². The lowest BCUT2D eigenvalue weighted by atomic mass is 10.0. The number of hydrogen-bond acceptors (Lipinski definition) is 3. The first kappa shape index (κ1) is 20.9. The molecule has 0 aliphatic heterocycles. The Kier molecular flexibility index (Phi) is 6.63. The molecule has 4 heteroatoms. The van der Waals surface area contributed by atoms with Gasteiger partial charge in [-0.2, -0.15) is 5.10 Å². The van der Waals surface area contributed by atoms with E-state index in [1.165, 1.54) is 0 Å². The van der Waals surface area contributed by atoms with Crippen molar-refractivity contribution in [2.24, 2.45) is 5.10 Å². The van der Waals surface area contributed by atoms with Crippen molar-refractivity contribution in [3.63, 3.8) is 0 Å². The third-order valence-corrected chi connectivity index (χ3v) is 5.08. The zero-order chi connectivity index (χ0) is 22.2. The SMILES string of the molecule is O=C(C/C(=N\NC(=O)c1ccc(-c2ccccc2)cc1)c1ccccc1)c1ccccc1. The van der Waals surface area contributed by atoms with Gasteiger partial charge in [0.15, 0.2) is 5.78 Å². The topological polar surface area (TPSA) is 58.5 Å². The fourth-order valence-corrected chi connectivity index (χ4v) is 3.34. The van der Waals surface area contributed by atoms with E-state index in [1.54, 1.807) is 24.3 Å². The van der Waals surface area contributed by atoms with Crippen LogP contribution in [0.5, 0.6) is 0 Å². The van der Waals surface area contributed by atoms with Crippen molar-refractivity contribution in [2.45, 2.75) is 6.42 Å². The number of rotatable bonds is 7. The molecule has 1 amide bonds. The molecule has 0 unspecified atom stereocenters. The summed E-state index contributed by atoms with van der Waals surface area (Å²) in [5.74, 6) is -0.389. The molecular formula is C28H22N2O2. The van der Waals surface area contributed by atoms with Crippen LogP contribution in [0.3, 0.4) is 0 Å². The van der Waals surface area contributed by atoms with Crippen molar-refractivity contribution < 1.29 is 9.59 Å². The summed E-state index contributed by atoms with van der Waals surface area (Å²) >= 11 is 0. The fourth-order valence-electron chi connectivity index (χ4n) is 3.34. The average Bonchev–Trinajstić information content (AvgIpc) is 2.88. The van der Waals surface area contributed by atoms with Crippen LogP contribution in [-0.2, 0) is 0 Å². The third-order valence-electron chi connectivity index (χ3n) is 5.08. The van der Waals surface area contributed by atoms with E-state index in [0.29, 0.717) is 16.8 Å². The van der Waals surface area contributed by atoms with Gasteiger partial charge in [-0.25, -0.2) is 5.43 Å². The van der Waals surface area contributed by atoms with Gasteiger partial charge in [0.25, 0.3) is 5.91 Å². The molecule has 0 fully saturated rings. The number of hydrogen-bond donors (Lipinski definition) is 1. The Bertz CT molecular complexity index is 1220. The van der Waals surface area contributed by atoms with Crippen LogP contribution < -0.4 is 5.43 Å². The highest BCUT2D eigenvalue weighted by Gasteiger charge is 2.13. The van der Waals surface area contributed by atoms with E-state index in [4.69, 9.17) is 0 Å². The van der Waals surface area contributed by atoms with Crippen molar-refractivity contribution in [1.82, 2.24) is 5.43 Å². The second-order valence-corrected chi connectivity index (χ2v) is 7.27. The molecule has 32 heavy (non-hydrogen) atoms. The second kappa shape index (κ2) is 10.1. The molecular weight excluding hydrogens is 396 g/mol. The first-order valence-corrected chi connectivity index (χ1v) is 10.4. The molecule has 0 saturated heterocycles. The molecule has 4 aromatic carbocycles. The number of amides is 1. The minimum Gasteiger partial charge on any atom is -0.294 e. The number of nitrogens with zero attached hydrogens (tertiary/aromatic N) is 1. The highest BCUT2D eigenvalue weighted by Crippen LogP contribution is 2.19. The molecule has 0 bridgehead atoms. The quantitative estimate of drug-likeness (QED) is 0.236.